The minimum absolute atomic E-state index is 0.414. The molecular formula is C12H26N2S. The van der Waals surface area contributed by atoms with Crippen molar-refractivity contribution in [1.29, 1.82) is 0 Å². The van der Waals surface area contributed by atoms with Crippen molar-refractivity contribution in [2.75, 3.05) is 0 Å². The predicted octanol–water partition coefficient (Wildman–Crippen LogP) is 3.22. The summed E-state index contributed by atoms with van der Waals surface area (Å²) in [5.41, 5.74) is 0. The van der Waals surface area contributed by atoms with Gasteiger partial charge in [0.25, 0.3) is 0 Å². The molecule has 0 bridgehead atoms. The van der Waals surface area contributed by atoms with Gasteiger partial charge in [0.1, 0.15) is 0 Å². The van der Waals surface area contributed by atoms with Crippen LogP contribution in [0, 0.1) is 0 Å². The second kappa shape index (κ2) is 8.96. The lowest BCUT2D eigenvalue weighted by atomic mass is 10.1. The first-order valence-electron chi connectivity index (χ1n) is 6.13. The third-order valence-corrected chi connectivity index (χ3v) is 2.52. The van der Waals surface area contributed by atoms with E-state index >= 15 is 0 Å². The molecule has 0 radical (unpaired) electrons. The average molecular weight is 230 g/mol. The highest BCUT2D eigenvalue weighted by Gasteiger charge is 2.04. The fourth-order valence-electron chi connectivity index (χ4n) is 1.48. The van der Waals surface area contributed by atoms with Crippen molar-refractivity contribution in [2.24, 2.45) is 0 Å². The van der Waals surface area contributed by atoms with Gasteiger partial charge >= 0.3 is 0 Å². The lowest BCUT2D eigenvalue weighted by molar-refractivity contribution is 0.537. The van der Waals surface area contributed by atoms with Crippen molar-refractivity contribution in [1.82, 2.24) is 10.6 Å². The second-order valence-corrected chi connectivity index (χ2v) is 4.93. The summed E-state index contributed by atoms with van der Waals surface area (Å²) in [6.07, 6.45) is 6.50. The molecule has 1 atom stereocenters. The molecule has 0 aromatic heterocycles. The van der Waals surface area contributed by atoms with Crippen LogP contribution in [0.15, 0.2) is 0 Å². The number of thiocarbonyl (C=S) groups is 1. The van der Waals surface area contributed by atoms with Gasteiger partial charge in [-0.25, -0.2) is 0 Å². The molecule has 0 spiro atoms. The van der Waals surface area contributed by atoms with E-state index in [4.69, 9.17) is 12.2 Å². The summed E-state index contributed by atoms with van der Waals surface area (Å²) in [7, 11) is 0. The van der Waals surface area contributed by atoms with E-state index in [0.717, 1.165) is 5.11 Å². The molecule has 0 aliphatic heterocycles. The van der Waals surface area contributed by atoms with Crippen molar-refractivity contribution >= 4 is 17.3 Å². The average Bonchev–Trinajstić information content (AvgIpc) is 2.10. The molecule has 0 saturated carbocycles. The molecule has 0 aromatic carbocycles. The molecule has 0 aliphatic carbocycles. The van der Waals surface area contributed by atoms with Gasteiger partial charge in [0.15, 0.2) is 5.11 Å². The molecule has 0 aromatic rings. The Bertz CT molecular complexity index is 169. The van der Waals surface area contributed by atoms with Crippen LogP contribution in [0.1, 0.15) is 59.8 Å². The largest absolute Gasteiger partial charge is 0.361 e. The highest BCUT2D eigenvalue weighted by atomic mass is 32.1. The van der Waals surface area contributed by atoms with Gasteiger partial charge in [-0.15, -0.1) is 0 Å². The molecule has 0 heterocycles. The second-order valence-electron chi connectivity index (χ2n) is 4.52. The fourth-order valence-corrected chi connectivity index (χ4v) is 1.91. The van der Waals surface area contributed by atoms with Crippen LogP contribution in [0.25, 0.3) is 0 Å². The highest BCUT2D eigenvalue weighted by Crippen LogP contribution is 2.05. The van der Waals surface area contributed by atoms with Gasteiger partial charge in [-0.05, 0) is 39.4 Å². The first kappa shape index (κ1) is 14.7. The normalized spacial score (nSPS) is 12.6. The molecule has 90 valence electrons. The van der Waals surface area contributed by atoms with E-state index in [1.165, 1.54) is 32.1 Å². The molecule has 1 unspecified atom stereocenters. The SMILES string of the molecule is CCCCCCC(C)NC(=S)NC(C)C. The first-order chi connectivity index (χ1) is 7.06. The van der Waals surface area contributed by atoms with E-state index < -0.39 is 0 Å². The summed E-state index contributed by atoms with van der Waals surface area (Å²) in [5, 5.41) is 7.29. The molecular weight excluding hydrogens is 204 g/mol. The number of hydrogen-bond acceptors (Lipinski definition) is 1. The zero-order valence-electron chi connectivity index (χ0n) is 10.6. The van der Waals surface area contributed by atoms with Gasteiger partial charge in [0, 0.05) is 12.1 Å². The Hall–Kier alpha value is -0.310. The molecule has 15 heavy (non-hydrogen) atoms. The number of rotatable bonds is 7. The van der Waals surface area contributed by atoms with Crippen LogP contribution < -0.4 is 10.6 Å². The van der Waals surface area contributed by atoms with Crippen LogP contribution in [-0.4, -0.2) is 17.2 Å². The zero-order chi connectivity index (χ0) is 11.7. The Morgan fingerprint density at radius 1 is 1.07 bits per heavy atom. The van der Waals surface area contributed by atoms with Crippen molar-refractivity contribution < 1.29 is 0 Å². The topological polar surface area (TPSA) is 24.1 Å². The van der Waals surface area contributed by atoms with Crippen molar-refractivity contribution in [3.05, 3.63) is 0 Å². The molecule has 0 aliphatic rings. The first-order valence-corrected chi connectivity index (χ1v) is 6.54. The van der Waals surface area contributed by atoms with Gasteiger partial charge in [-0.3, -0.25) is 0 Å². The van der Waals surface area contributed by atoms with E-state index in [0.29, 0.717) is 12.1 Å². The standard InChI is InChI=1S/C12H26N2S/c1-5-6-7-8-9-11(4)14-12(15)13-10(2)3/h10-11H,5-9H2,1-4H3,(H2,13,14,15). The van der Waals surface area contributed by atoms with E-state index in [1.807, 2.05) is 0 Å². The fraction of sp³-hybridized carbons (Fsp3) is 0.917. The van der Waals surface area contributed by atoms with E-state index in [9.17, 15) is 0 Å². The van der Waals surface area contributed by atoms with Gasteiger partial charge in [0.05, 0.1) is 0 Å². The minimum Gasteiger partial charge on any atom is -0.361 e. The van der Waals surface area contributed by atoms with Crippen LogP contribution in [0.3, 0.4) is 0 Å². The molecule has 2 nitrogen and oxygen atoms in total. The minimum atomic E-state index is 0.414. The quantitative estimate of drug-likeness (QED) is 0.519. The van der Waals surface area contributed by atoms with Crippen LogP contribution in [-0.2, 0) is 0 Å². The number of unbranched alkanes of at least 4 members (excludes halogenated alkanes) is 3. The third kappa shape index (κ3) is 9.98. The van der Waals surface area contributed by atoms with Crippen molar-refractivity contribution in [3.8, 4) is 0 Å². The summed E-state index contributed by atoms with van der Waals surface area (Å²) in [4.78, 5) is 0. The maximum absolute atomic E-state index is 5.19. The van der Waals surface area contributed by atoms with E-state index in [1.54, 1.807) is 0 Å². The maximum Gasteiger partial charge on any atom is 0.166 e. The summed E-state index contributed by atoms with van der Waals surface area (Å²) < 4.78 is 0. The van der Waals surface area contributed by atoms with Crippen LogP contribution in [0.2, 0.25) is 0 Å². The number of hydrogen-bond donors (Lipinski definition) is 2. The van der Waals surface area contributed by atoms with Gasteiger partial charge in [-0.2, -0.15) is 0 Å². The Morgan fingerprint density at radius 3 is 2.27 bits per heavy atom. The summed E-state index contributed by atoms with van der Waals surface area (Å²) in [6.45, 7) is 8.63. The third-order valence-electron chi connectivity index (χ3n) is 2.29. The van der Waals surface area contributed by atoms with E-state index in [2.05, 4.69) is 38.3 Å². The smallest absolute Gasteiger partial charge is 0.166 e. The summed E-state index contributed by atoms with van der Waals surface area (Å²) in [6, 6.07) is 0.901. The maximum atomic E-state index is 5.19. The Morgan fingerprint density at radius 2 is 1.73 bits per heavy atom. The Balaban J connectivity index is 3.46. The lowest BCUT2D eigenvalue weighted by Crippen LogP contribution is -2.43. The summed E-state index contributed by atoms with van der Waals surface area (Å²) in [5.74, 6) is 0. The van der Waals surface area contributed by atoms with Gasteiger partial charge in [0.2, 0.25) is 0 Å². The van der Waals surface area contributed by atoms with Gasteiger partial charge in [-0.1, -0.05) is 32.6 Å². The van der Waals surface area contributed by atoms with Gasteiger partial charge < -0.3 is 10.6 Å². The van der Waals surface area contributed by atoms with Crippen LogP contribution in [0.4, 0.5) is 0 Å². The van der Waals surface area contributed by atoms with Crippen molar-refractivity contribution in [3.63, 3.8) is 0 Å². The Kier molecular flexibility index (Phi) is 8.77. The Labute approximate surface area is 100 Å². The number of nitrogens with one attached hydrogen (secondary N) is 2. The van der Waals surface area contributed by atoms with Crippen LogP contribution >= 0.6 is 12.2 Å². The molecule has 3 heteroatoms. The molecule has 0 saturated heterocycles. The van der Waals surface area contributed by atoms with E-state index in [-0.39, 0.29) is 0 Å². The van der Waals surface area contributed by atoms with Crippen LogP contribution in [0.5, 0.6) is 0 Å². The predicted molar refractivity (Wildman–Crippen MR) is 72.2 cm³/mol. The molecule has 0 amide bonds. The zero-order valence-corrected chi connectivity index (χ0v) is 11.4. The molecule has 0 fully saturated rings. The highest BCUT2D eigenvalue weighted by molar-refractivity contribution is 7.80. The molecule has 0 rings (SSSR count). The van der Waals surface area contributed by atoms with Crippen molar-refractivity contribution in [2.45, 2.75) is 71.9 Å². The molecule has 2 N–H and O–H groups in total. The summed E-state index contributed by atoms with van der Waals surface area (Å²) >= 11 is 5.19. The lowest BCUT2D eigenvalue weighted by Gasteiger charge is -2.18. The monoisotopic (exact) mass is 230 g/mol.